The molecule has 126 valence electrons. The fourth-order valence-corrected chi connectivity index (χ4v) is 4.56. The van der Waals surface area contributed by atoms with E-state index < -0.39 is 5.56 Å². The smallest absolute Gasteiger partial charge is 0.270 e. The molecule has 0 fully saturated rings. The fraction of sp³-hybridized carbons (Fsp3) is 0. The van der Waals surface area contributed by atoms with Gasteiger partial charge in [-0.2, -0.15) is 5.26 Å². The number of thiophene rings is 2. The van der Waals surface area contributed by atoms with Crippen molar-refractivity contribution < 1.29 is 9.90 Å². The lowest BCUT2D eigenvalue weighted by molar-refractivity contribution is 0.112. The van der Waals surface area contributed by atoms with Crippen molar-refractivity contribution in [3.05, 3.63) is 61.9 Å². The fourth-order valence-electron chi connectivity index (χ4n) is 2.88. The van der Waals surface area contributed by atoms with Crippen molar-refractivity contribution >= 4 is 39.2 Å². The Labute approximate surface area is 155 Å². The molecule has 0 aliphatic heterocycles. The lowest BCUT2D eigenvalue weighted by Crippen LogP contribution is -2.09. The van der Waals surface area contributed by atoms with Crippen LogP contribution < -0.4 is 5.56 Å². The Balaban J connectivity index is 1.85. The molecular formula is C19H10N2O3S2. The Morgan fingerprint density at radius 2 is 1.77 bits per heavy atom. The minimum Gasteiger partial charge on any atom is -0.506 e. The molecule has 0 saturated heterocycles. The van der Waals surface area contributed by atoms with Crippen molar-refractivity contribution in [3.63, 3.8) is 0 Å². The molecule has 5 nitrogen and oxygen atoms in total. The Morgan fingerprint density at radius 3 is 2.42 bits per heavy atom. The number of aldehydes is 1. The van der Waals surface area contributed by atoms with Crippen molar-refractivity contribution in [2.45, 2.75) is 0 Å². The molecule has 0 radical (unpaired) electrons. The zero-order valence-electron chi connectivity index (χ0n) is 13.1. The van der Waals surface area contributed by atoms with Gasteiger partial charge in [0.1, 0.15) is 16.6 Å². The number of aromatic hydroxyl groups is 1. The molecule has 0 amide bonds. The Bertz CT molecular complexity index is 1240. The van der Waals surface area contributed by atoms with Crippen molar-refractivity contribution in [2.24, 2.45) is 0 Å². The van der Waals surface area contributed by atoms with Crippen LogP contribution in [0.15, 0.2) is 45.9 Å². The number of rotatable bonds is 3. The van der Waals surface area contributed by atoms with Crippen LogP contribution in [-0.4, -0.2) is 16.4 Å². The molecule has 3 aromatic heterocycles. The molecule has 0 saturated carbocycles. The molecule has 3 heterocycles. The average Bonchev–Trinajstić information content (AvgIpc) is 3.29. The number of benzene rings is 1. The summed E-state index contributed by atoms with van der Waals surface area (Å²) in [4.78, 5) is 26.8. The van der Waals surface area contributed by atoms with Gasteiger partial charge in [-0.05, 0) is 22.6 Å². The quantitative estimate of drug-likeness (QED) is 0.518. The predicted molar refractivity (Wildman–Crippen MR) is 103 cm³/mol. The number of nitrogens with one attached hydrogen (secondary N) is 1. The molecule has 0 aliphatic rings. The molecule has 0 aliphatic carbocycles. The molecule has 0 unspecified atom stereocenters. The second-order valence-corrected chi connectivity index (χ2v) is 7.36. The number of aromatic amines is 1. The van der Waals surface area contributed by atoms with E-state index in [4.69, 9.17) is 5.26 Å². The van der Waals surface area contributed by atoms with Crippen LogP contribution in [0.3, 0.4) is 0 Å². The van der Waals surface area contributed by atoms with Crippen LogP contribution in [0, 0.1) is 11.3 Å². The van der Waals surface area contributed by atoms with Crippen LogP contribution in [-0.2, 0) is 0 Å². The summed E-state index contributed by atoms with van der Waals surface area (Å²) in [5, 5.41) is 23.6. The number of carbonyl (C=O) groups is 1. The van der Waals surface area contributed by atoms with Gasteiger partial charge in [0.2, 0.25) is 0 Å². The highest BCUT2D eigenvalue weighted by atomic mass is 32.1. The Hall–Kier alpha value is -3.21. The van der Waals surface area contributed by atoms with Gasteiger partial charge in [0.25, 0.3) is 5.56 Å². The highest BCUT2D eigenvalue weighted by Gasteiger charge is 2.17. The van der Waals surface area contributed by atoms with E-state index in [1.165, 1.54) is 22.7 Å². The van der Waals surface area contributed by atoms with Gasteiger partial charge in [-0.1, -0.05) is 24.3 Å². The number of hydrogen-bond acceptors (Lipinski definition) is 6. The van der Waals surface area contributed by atoms with Gasteiger partial charge in [-0.15, -0.1) is 22.7 Å². The van der Waals surface area contributed by atoms with Crippen LogP contribution in [0.1, 0.15) is 15.2 Å². The van der Waals surface area contributed by atoms with E-state index in [0.29, 0.717) is 15.1 Å². The van der Waals surface area contributed by atoms with E-state index in [1.807, 2.05) is 41.1 Å². The average molecular weight is 378 g/mol. The van der Waals surface area contributed by atoms with Crippen LogP contribution in [0.5, 0.6) is 5.75 Å². The van der Waals surface area contributed by atoms with E-state index >= 15 is 0 Å². The number of H-pyrrole nitrogens is 1. The number of fused-ring (bicyclic) bond motifs is 1. The molecule has 1 aromatic carbocycles. The third-order valence-electron chi connectivity index (χ3n) is 4.14. The van der Waals surface area contributed by atoms with E-state index in [9.17, 15) is 14.7 Å². The van der Waals surface area contributed by atoms with Crippen molar-refractivity contribution in [2.75, 3.05) is 0 Å². The van der Waals surface area contributed by atoms with E-state index in [2.05, 4.69) is 4.98 Å². The van der Waals surface area contributed by atoms with Gasteiger partial charge in [-0.3, -0.25) is 9.59 Å². The lowest BCUT2D eigenvalue weighted by atomic mass is 10.00. The van der Waals surface area contributed by atoms with Crippen molar-refractivity contribution in [3.8, 4) is 34.1 Å². The Kier molecular flexibility index (Phi) is 3.92. The minimum atomic E-state index is -0.597. The third kappa shape index (κ3) is 2.44. The first-order valence-corrected chi connectivity index (χ1v) is 9.30. The maximum atomic E-state index is 11.8. The first kappa shape index (κ1) is 16.3. The predicted octanol–water partition coefficient (Wildman–Crippen LogP) is 4.37. The first-order chi connectivity index (χ1) is 12.6. The highest BCUT2D eigenvalue weighted by Crippen LogP contribution is 2.39. The monoisotopic (exact) mass is 378 g/mol. The molecule has 0 atom stereocenters. The van der Waals surface area contributed by atoms with Crippen LogP contribution in [0.4, 0.5) is 0 Å². The number of pyridine rings is 1. The van der Waals surface area contributed by atoms with Crippen LogP contribution in [0.2, 0.25) is 0 Å². The van der Waals surface area contributed by atoms with Gasteiger partial charge in [0.05, 0.1) is 10.3 Å². The summed E-state index contributed by atoms with van der Waals surface area (Å²) in [6.45, 7) is 0. The SMILES string of the molecule is N#Cc1c(O)c2c(-c3ccc(-c4ccsc4C=O)cc3)csc2[nH]c1=O. The maximum Gasteiger partial charge on any atom is 0.270 e. The molecule has 2 N–H and O–H groups in total. The summed E-state index contributed by atoms with van der Waals surface area (Å²) in [6, 6.07) is 11.2. The van der Waals surface area contributed by atoms with Crippen molar-refractivity contribution in [1.29, 1.82) is 5.26 Å². The normalized spacial score (nSPS) is 10.7. The van der Waals surface area contributed by atoms with E-state index in [0.717, 1.165) is 28.5 Å². The summed E-state index contributed by atoms with van der Waals surface area (Å²) in [5.74, 6) is -0.298. The first-order valence-electron chi connectivity index (χ1n) is 7.54. The van der Waals surface area contributed by atoms with E-state index in [1.54, 1.807) is 6.07 Å². The molecule has 7 heteroatoms. The summed E-state index contributed by atoms with van der Waals surface area (Å²) in [6.07, 6.45) is 0.845. The molecule has 0 bridgehead atoms. The molecule has 4 aromatic rings. The zero-order chi connectivity index (χ0) is 18.3. The second-order valence-electron chi connectivity index (χ2n) is 5.54. The van der Waals surface area contributed by atoms with Gasteiger partial charge in [0, 0.05) is 16.5 Å². The molecular weight excluding hydrogens is 368 g/mol. The standard InChI is InChI=1S/C19H10N2O3S2/c20-7-13-17(23)16-14(9-26-19(16)21-18(13)24)11-3-1-10(2-4-11)12-5-6-25-15(12)8-22/h1-6,8-9H,(H2,21,23,24). The van der Waals surface area contributed by atoms with Gasteiger partial charge >= 0.3 is 0 Å². The van der Waals surface area contributed by atoms with E-state index in [-0.39, 0.29) is 11.3 Å². The number of aromatic nitrogens is 1. The highest BCUT2D eigenvalue weighted by molar-refractivity contribution is 7.17. The van der Waals surface area contributed by atoms with Crippen LogP contribution >= 0.6 is 22.7 Å². The van der Waals surface area contributed by atoms with Gasteiger partial charge < -0.3 is 10.1 Å². The summed E-state index contributed by atoms with van der Waals surface area (Å²) in [7, 11) is 0. The second kappa shape index (κ2) is 6.26. The number of carbonyl (C=O) groups excluding carboxylic acids is 1. The largest absolute Gasteiger partial charge is 0.506 e. The molecule has 0 spiro atoms. The number of hydrogen-bond donors (Lipinski definition) is 2. The minimum absolute atomic E-state index is 0.289. The number of nitriles is 1. The molecule has 4 rings (SSSR count). The number of nitrogens with zero attached hydrogens (tertiary/aromatic N) is 1. The third-order valence-corrected chi connectivity index (χ3v) is 5.88. The summed E-state index contributed by atoms with van der Waals surface area (Å²) in [5.41, 5.74) is 2.50. The van der Waals surface area contributed by atoms with Gasteiger partial charge in [-0.25, -0.2) is 0 Å². The maximum absolute atomic E-state index is 11.8. The molecule has 26 heavy (non-hydrogen) atoms. The van der Waals surface area contributed by atoms with Gasteiger partial charge in [0.15, 0.2) is 11.8 Å². The van der Waals surface area contributed by atoms with Crippen LogP contribution in [0.25, 0.3) is 32.5 Å². The Morgan fingerprint density at radius 1 is 1.08 bits per heavy atom. The summed E-state index contributed by atoms with van der Waals surface area (Å²) >= 11 is 2.69. The summed E-state index contributed by atoms with van der Waals surface area (Å²) < 4.78 is 0. The topological polar surface area (TPSA) is 93.9 Å². The van der Waals surface area contributed by atoms with Crippen molar-refractivity contribution in [1.82, 2.24) is 4.98 Å². The zero-order valence-corrected chi connectivity index (χ0v) is 14.8. The lowest BCUT2D eigenvalue weighted by Gasteiger charge is -2.05.